The van der Waals surface area contributed by atoms with Crippen molar-refractivity contribution in [2.24, 2.45) is 11.8 Å². The Morgan fingerprint density at radius 3 is 2.62 bits per heavy atom. The lowest BCUT2D eigenvalue weighted by molar-refractivity contribution is 0.0395. The second kappa shape index (κ2) is 6.77. The maximum atomic E-state index is 6.01. The number of aromatic nitrogens is 2. The van der Waals surface area contributed by atoms with Gasteiger partial charge in [0.25, 0.3) is 0 Å². The average Bonchev–Trinajstić information content (AvgIpc) is 2.83. The summed E-state index contributed by atoms with van der Waals surface area (Å²) in [6.45, 7) is 5.30. The number of rotatable bonds is 5. The topological polar surface area (TPSA) is 59.1 Å². The van der Waals surface area contributed by atoms with E-state index in [9.17, 15) is 0 Å². The van der Waals surface area contributed by atoms with Crippen LogP contribution in [-0.4, -0.2) is 34.3 Å². The molecule has 0 amide bonds. The zero-order valence-electron chi connectivity index (χ0n) is 13.6. The Bertz CT molecular complexity index is 463. The van der Waals surface area contributed by atoms with Crippen LogP contribution in [0.5, 0.6) is 0 Å². The lowest BCUT2D eigenvalue weighted by Gasteiger charge is -2.49. The fourth-order valence-electron chi connectivity index (χ4n) is 3.66. The Morgan fingerprint density at radius 1 is 1.52 bits per heavy atom. The molecule has 0 radical (unpaired) electrons. The molecule has 21 heavy (non-hydrogen) atoms. The van der Waals surface area contributed by atoms with E-state index in [1.165, 1.54) is 12.8 Å². The van der Waals surface area contributed by atoms with Gasteiger partial charge in [0.15, 0.2) is 0 Å². The van der Waals surface area contributed by atoms with Gasteiger partial charge < -0.3 is 4.90 Å². The summed E-state index contributed by atoms with van der Waals surface area (Å²) >= 11 is 3.65. The van der Waals surface area contributed by atoms with E-state index in [1.807, 2.05) is 10.9 Å². The maximum absolute atomic E-state index is 6.01. The van der Waals surface area contributed by atoms with Gasteiger partial charge in [-0.25, -0.2) is 5.43 Å². The summed E-state index contributed by atoms with van der Waals surface area (Å²) in [5, 5.41) is 4.46. The van der Waals surface area contributed by atoms with Gasteiger partial charge in [-0.2, -0.15) is 5.10 Å². The van der Waals surface area contributed by atoms with Crippen LogP contribution in [0.2, 0.25) is 0 Å². The predicted molar refractivity (Wildman–Crippen MR) is 89.7 cm³/mol. The molecule has 1 atom stereocenters. The van der Waals surface area contributed by atoms with E-state index in [-0.39, 0.29) is 11.6 Å². The molecule has 0 saturated heterocycles. The Morgan fingerprint density at radius 2 is 2.14 bits per heavy atom. The first-order valence-electron chi connectivity index (χ1n) is 7.81. The molecule has 0 spiro atoms. The van der Waals surface area contributed by atoms with Gasteiger partial charge in [0.05, 0.1) is 22.4 Å². The lowest BCUT2D eigenvalue weighted by Crippen LogP contribution is -2.57. The first-order chi connectivity index (χ1) is 9.96. The summed E-state index contributed by atoms with van der Waals surface area (Å²) in [6, 6.07) is 0.0665. The molecular formula is C15H28BrN5. The molecule has 1 aromatic rings. The molecule has 6 heteroatoms. The van der Waals surface area contributed by atoms with Crippen molar-refractivity contribution in [1.82, 2.24) is 20.1 Å². The Balaban J connectivity index is 2.43. The zero-order chi connectivity index (χ0) is 15.6. The van der Waals surface area contributed by atoms with E-state index in [0.29, 0.717) is 0 Å². The van der Waals surface area contributed by atoms with Crippen molar-refractivity contribution in [3.63, 3.8) is 0 Å². The van der Waals surface area contributed by atoms with E-state index in [4.69, 9.17) is 5.84 Å². The lowest BCUT2D eigenvalue weighted by atomic mass is 9.71. The number of hydrogen-bond donors (Lipinski definition) is 2. The van der Waals surface area contributed by atoms with E-state index >= 15 is 0 Å². The van der Waals surface area contributed by atoms with E-state index in [2.05, 4.69) is 59.3 Å². The van der Waals surface area contributed by atoms with Crippen LogP contribution in [0.15, 0.2) is 10.7 Å². The SMILES string of the molecule is CCn1ncc(Br)c1C(NN)C1(N(C)C)CCC(C)CC1. The highest BCUT2D eigenvalue weighted by Crippen LogP contribution is 2.44. The van der Waals surface area contributed by atoms with Crippen molar-refractivity contribution >= 4 is 15.9 Å². The maximum Gasteiger partial charge on any atom is 0.0823 e. The van der Waals surface area contributed by atoms with Crippen LogP contribution in [-0.2, 0) is 6.54 Å². The molecule has 1 aliphatic carbocycles. The van der Waals surface area contributed by atoms with E-state index in [0.717, 1.165) is 35.5 Å². The summed E-state index contributed by atoms with van der Waals surface area (Å²) in [5.74, 6) is 6.81. The molecule has 1 fully saturated rings. The highest BCUT2D eigenvalue weighted by molar-refractivity contribution is 9.10. The van der Waals surface area contributed by atoms with Gasteiger partial charge in [-0.15, -0.1) is 0 Å². The quantitative estimate of drug-likeness (QED) is 0.628. The molecule has 1 aromatic heterocycles. The number of hydrogen-bond acceptors (Lipinski definition) is 4. The monoisotopic (exact) mass is 357 g/mol. The Hall–Kier alpha value is -0.430. The van der Waals surface area contributed by atoms with Crippen molar-refractivity contribution in [2.45, 2.75) is 57.7 Å². The number of aryl methyl sites for hydroxylation is 1. The standard InChI is InChI=1S/C15H28BrN5/c1-5-21-13(12(16)10-18-21)14(19-17)15(20(3)4)8-6-11(2)7-9-15/h10-11,14,19H,5-9,17H2,1-4H3. The van der Waals surface area contributed by atoms with Crippen LogP contribution >= 0.6 is 15.9 Å². The molecule has 1 aliphatic rings. The third kappa shape index (κ3) is 3.04. The smallest absolute Gasteiger partial charge is 0.0823 e. The molecule has 1 unspecified atom stereocenters. The molecule has 2 rings (SSSR count). The van der Waals surface area contributed by atoms with Gasteiger partial charge in [-0.3, -0.25) is 10.5 Å². The van der Waals surface area contributed by atoms with Gasteiger partial charge in [-0.1, -0.05) is 6.92 Å². The van der Waals surface area contributed by atoms with Crippen molar-refractivity contribution in [1.29, 1.82) is 0 Å². The summed E-state index contributed by atoms with van der Waals surface area (Å²) in [6.07, 6.45) is 6.66. The number of likely N-dealkylation sites (N-methyl/N-ethyl adjacent to an activating group) is 1. The van der Waals surface area contributed by atoms with Crippen LogP contribution < -0.4 is 11.3 Å². The minimum atomic E-state index is 0.0384. The van der Waals surface area contributed by atoms with Gasteiger partial charge in [0.2, 0.25) is 0 Å². The van der Waals surface area contributed by atoms with Crippen LogP contribution in [0, 0.1) is 5.92 Å². The van der Waals surface area contributed by atoms with Crippen molar-refractivity contribution in [3.05, 3.63) is 16.4 Å². The number of nitrogens with one attached hydrogen (secondary N) is 1. The summed E-state index contributed by atoms with van der Waals surface area (Å²) < 4.78 is 3.07. The summed E-state index contributed by atoms with van der Waals surface area (Å²) in [5.41, 5.74) is 4.29. The Labute approximate surface area is 136 Å². The molecule has 5 nitrogen and oxygen atoms in total. The van der Waals surface area contributed by atoms with Crippen LogP contribution in [0.4, 0.5) is 0 Å². The highest BCUT2D eigenvalue weighted by atomic mass is 79.9. The molecule has 1 heterocycles. The molecule has 120 valence electrons. The molecule has 3 N–H and O–H groups in total. The molecule has 0 aromatic carbocycles. The van der Waals surface area contributed by atoms with Crippen LogP contribution in [0.3, 0.4) is 0 Å². The minimum Gasteiger partial charge on any atom is -0.302 e. The van der Waals surface area contributed by atoms with Crippen molar-refractivity contribution in [2.75, 3.05) is 14.1 Å². The van der Waals surface area contributed by atoms with Crippen molar-refractivity contribution < 1.29 is 0 Å². The molecule has 1 saturated carbocycles. The Kier molecular flexibility index (Phi) is 5.46. The van der Waals surface area contributed by atoms with Gasteiger partial charge in [-0.05, 0) is 68.6 Å². The van der Waals surface area contributed by atoms with Crippen molar-refractivity contribution in [3.8, 4) is 0 Å². The van der Waals surface area contributed by atoms with E-state index in [1.54, 1.807) is 0 Å². The molecular weight excluding hydrogens is 330 g/mol. The normalized spacial score (nSPS) is 28.0. The van der Waals surface area contributed by atoms with Gasteiger partial charge in [0, 0.05) is 12.1 Å². The van der Waals surface area contributed by atoms with Crippen LogP contribution in [0.25, 0.3) is 0 Å². The average molecular weight is 358 g/mol. The number of hydrazine groups is 1. The van der Waals surface area contributed by atoms with Crippen LogP contribution in [0.1, 0.15) is 51.3 Å². The second-order valence-electron chi connectivity index (χ2n) is 6.47. The zero-order valence-corrected chi connectivity index (χ0v) is 15.2. The van der Waals surface area contributed by atoms with E-state index < -0.39 is 0 Å². The third-order valence-electron chi connectivity index (χ3n) is 5.14. The predicted octanol–water partition coefficient (Wildman–Crippen LogP) is 2.68. The molecule has 0 bridgehead atoms. The third-order valence-corrected chi connectivity index (χ3v) is 5.75. The summed E-state index contributed by atoms with van der Waals surface area (Å²) in [7, 11) is 4.34. The minimum absolute atomic E-state index is 0.0384. The van der Waals surface area contributed by atoms with Gasteiger partial charge >= 0.3 is 0 Å². The summed E-state index contributed by atoms with van der Waals surface area (Å²) in [4.78, 5) is 2.35. The first-order valence-corrected chi connectivity index (χ1v) is 8.60. The fraction of sp³-hybridized carbons (Fsp3) is 0.800. The largest absolute Gasteiger partial charge is 0.302 e. The fourth-order valence-corrected chi connectivity index (χ4v) is 4.18. The number of nitrogens with zero attached hydrogens (tertiary/aromatic N) is 3. The second-order valence-corrected chi connectivity index (χ2v) is 7.33. The number of halogens is 1. The number of nitrogens with two attached hydrogens (primary N) is 1. The molecule has 0 aliphatic heterocycles. The van der Waals surface area contributed by atoms with Gasteiger partial charge in [0.1, 0.15) is 0 Å². The highest BCUT2D eigenvalue weighted by Gasteiger charge is 2.45. The first kappa shape index (κ1) is 16.9.